The van der Waals surface area contributed by atoms with Gasteiger partial charge in [0.1, 0.15) is 35.4 Å². The highest BCUT2D eigenvalue weighted by atomic mass is 32.5. The van der Waals surface area contributed by atoms with Crippen molar-refractivity contribution in [3.63, 3.8) is 0 Å². The fourth-order valence-electron chi connectivity index (χ4n) is 4.67. The largest absolute Gasteiger partial charge is 0.461 e. The first-order valence-electron chi connectivity index (χ1n) is 13.1. The van der Waals surface area contributed by atoms with Crippen LogP contribution in [0.2, 0.25) is 0 Å². The predicted octanol–water partition coefficient (Wildman–Crippen LogP) is 3.09. The molecule has 4 aromatic rings. The molecule has 0 amide bonds. The topological polar surface area (TPSA) is 179 Å². The Morgan fingerprint density at radius 1 is 1.21 bits per heavy atom. The number of nitrogens with zero attached hydrogens (tertiary/aromatic N) is 4. The van der Waals surface area contributed by atoms with E-state index in [0.29, 0.717) is 22.6 Å². The summed E-state index contributed by atoms with van der Waals surface area (Å²) in [6.07, 6.45) is -1.14. The van der Waals surface area contributed by atoms with Crippen LogP contribution in [0.25, 0.3) is 21.9 Å². The average Bonchev–Trinajstić information content (AvgIpc) is 3.45. The van der Waals surface area contributed by atoms with Gasteiger partial charge in [0.2, 0.25) is 0 Å². The molecule has 0 spiro atoms. The summed E-state index contributed by atoms with van der Waals surface area (Å²) in [5.74, 6) is 0.839. The van der Waals surface area contributed by atoms with E-state index in [1.54, 1.807) is 6.92 Å². The number of nitrogens with one attached hydrogen (secondary N) is 1. The molecular weight excluding hydrogens is 583 g/mol. The fraction of sp³-hybridized carbons (Fsp3) is 0.370. The minimum atomic E-state index is -3.71. The Morgan fingerprint density at radius 2 is 1.95 bits per heavy atom. The highest BCUT2D eigenvalue weighted by Crippen LogP contribution is 2.44. The predicted molar refractivity (Wildman–Crippen MR) is 159 cm³/mol. The molecule has 0 aliphatic carbocycles. The number of aliphatic hydroxyl groups is 2. The second-order valence-electron chi connectivity index (χ2n) is 10.4. The first-order valence-corrected chi connectivity index (χ1v) is 15.8. The Balaban J connectivity index is 1.31. The number of benzene rings is 2. The molecule has 1 aliphatic heterocycles. The summed E-state index contributed by atoms with van der Waals surface area (Å²) in [5.41, 5.74) is 5.06. The molecule has 6 N–H and O–H groups in total. The minimum Gasteiger partial charge on any atom is -0.461 e. The van der Waals surface area contributed by atoms with Gasteiger partial charge in [-0.15, -0.1) is 0 Å². The molecule has 0 saturated carbocycles. The lowest BCUT2D eigenvalue weighted by atomic mass is 9.96. The summed E-state index contributed by atoms with van der Waals surface area (Å²) in [5, 5.41) is 26.7. The molecule has 5 atom stereocenters. The maximum Gasteiger partial charge on any atom is 0.305 e. The third kappa shape index (κ3) is 6.06. The Morgan fingerprint density at radius 3 is 2.71 bits per heavy atom. The van der Waals surface area contributed by atoms with Crippen LogP contribution in [0.1, 0.15) is 33.9 Å². The number of hydrogen-bond donors (Lipinski definition) is 5. The molecule has 42 heavy (non-hydrogen) atoms. The van der Waals surface area contributed by atoms with Crippen LogP contribution in [0.4, 0.5) is 5.82 Å². The number of anilines is 1. The van der Waals surface area contributed by atoms with Crippen LogP contribution in [0.5, 0.6) is 5.75 Å². The summed E-state index contributed by atoms with van der Waals surface area (Å²) in [6, 6.07) is 13.4. The fourth-order valence-corrected chi connectivity index (χ4v) is 6.19. The van der Waals surface area contributed by atoms with Gasteiger partial charge in [-0.1, -0.05) is 36.4 Å². The molecule has 2 aromatic heterocycles. The molecule has 15 heteroatoms. The summed E-state index contributed by atoms with van der Waals surface area (Å²) < 4.78 is 25.1. The third-order valence-electron chi connectivity index (χ3n) is 6.72. The van der Waals surface area contributed by atoms with Crippen LogP contribution < -0.4 is 15.6 Å². The van der Waals surface area contributed by atoms with E-state index in [9.17, 15) is 15.1 Å². The van der Waals surface area contributed by atoms with Crippen molar-refractivity contribution in [1.29, 1.82) is 0 Å². The Labute approximate surface area is 247 Å². The molecule has 13 nitrogen and oxygen atoms in total. The van der Waals surface area contributed by atoms with E-state index in [2.05, 4.69) is 20.0 Å². The standard InChI is InChI=1S/C27H33N6O7PS/c1-15(2)38-25(39-19-11-7-9-17-8-5-6-10-18(17)19)16(3)32-41(36,42)37-12-20-22(34)27(4,35)26(40-20)33-14-31-21-23(28)29-13-30-24(21)33/h5-11,13-15,20,22,26,34-35H,12H2,1-4H3,(H2,28,29,30)(H2,32,36,42)/t20-,22-,26-,27-,41?/m1/s1. The molecule has 1 unspecified atom stereocenters. The molecule has 0 bridgehead atoms. The summed E-state index contributed by atoms with van der Waals surface area (Å²) in [4.78, 5) is 23.3. The van der Waals surface area contributed by atoms with Crippen LogP contribution in [0.3, 0.4) is 0 Å². The second kappa shape index (κ2) is 11.7. The summed E-state index contributed by atoms with van der Waals surface area (Å²) >= 11 is 5.35. The molecule has 5 rings (SSSR count). The van der Waals surface area contributed by atoms with Gasteiger partial charge in [0.25, 0.3) is 6.64 Å². The maximum absolute atomic E-state index is 11.2. The second-order valence-corrected chi connectivity index (χ2v) is 13.4. The Hall–Kier alpha value is -3.36. The molecule has 224 valence electrons. The lowest BCUT2D eigenvalue weighted by Gasteiger charge is -2.27. The first kappa shape index (κ1) is 30.1. The first-order chi connectivity index (χ1) is 19.9. The Kier molecular flexibility index (Phi) is 8.41. The van der Waals surface area contributed by atoms with Gasteiger partial charge in [-0.05, 0) is 51.0 Å². The number of hydrogen-bond acceptors (Lipinski definition) is 11. The van der Waals surface area contributed by atoms with Gasteiger partial charge in [0.05, 0.1) is 24.7 Å². The number of allylic oxidation sites excluding steroid dienone is 1. The van der Waals surface area contributed by atoms with E-state index >= 15 is 0 Å². The number of fused-ring (bicyclic) bond motifs is 2. The number of rotatable bonds is 10. The molecule has 1 aliphatic rings. The van der Waals surface area contributed by atoms with E-state index in [1.165, 1.54) is 24.1 Å². The third-order valence-corrected chi connectivity index (χ3v) is 8.43. The van der Waals surface area contributed by atoms with E-state index in [1.807, 2.05) is 56.3 Å². The summed E-state index contributed by atoms with van der Waals surface area (Å²) in [7, 11) is 0. The van der Waals surface area contributed by atoms with Crippen molar-refractivity contribution in [1.82, 2.24) is 24.6 Å². The van der Waals surface area contributed by atoms with Gasteiger partial charge in [0, 0.05) is 5.39 Å². The normalized spacial score (nSPS) is 24.5. The zero-order chi connectivity index (χ0) is 30.2. The number of aliphatic hydroxyl groups excluding tert-OH is 1. The van der Waals surface area contributed by atoms with Crippen LogP contribution >= 0.6 is 6.64 Å². The molecule has 1 saturated heterocycles. The van der Waals surface area contributed by atoms with Crippen molar-refractivity contribution >= 4 is 46.2 Å². The molecule has 1 fully saturated rings. The molecular formula is C27H33N6O7PS. The summed E-state index contributed by atoms with van der Waals surface area (Å²) in [6.45, 7) is 2.70. The number of nitrogens with two attached hydrogens (primary N) is 1. The number of imidazole rings is 1. The van der Waals surface area contributed by atoms with E-state index < -0.39 is 30.7 Å². The molecule has 0 radical (unpaired) electrons. The maximum atomic E-state index is 11.2. The Bertz CT molecular complexity index is 1670. The highest BCUT2D eigenvalue weighted by molar-refractivity contribution is 8.08. The zero-order valence-corrected chi connectivity index (χ0v) is 25.1. The number of aromatic nitrogens is 4. The zero-order valence-electron chi connectivity index (χ0n) is 23.4. The van der Waals surface area contributed by atoms with Gasteiger partial charge in [0.15, 0.2) is 17.7 Å². The smallest absolute Gasteiger partial charge is 0.305 e. The van der Waals surface area contributed by atoms with Gasteiger partial charge >= 0.3 is 5.95 Å². The monoisotopic (exact) mass is 616 g/mol. The molecule has 2 aromatic carbocycles. The van der Waals surface area contributed by atoms with E-state index in [0.717, 1.165) is 10.8 Å². The van der Waals surface area contributed by atoms with Crippen molar-refractivity contribution in [3.05, 3.63) is 66.8 Å². The van der Waals surface area contributed by atoms with Crippen molar-refractivity contribution in [2.75, 3.05) is 12.3 Å². The van der Waals surface area contributed by atoms with E-state index in [4.69, 9.17) is 36.3 Å². The van der Waals surface area contributed by atoms with Crippen LogP contribution in [-0.4, -0.2) is 65.1 Å². The van der Waals surface area contributed by atoms with E-state index in [-0.39, 0.29) is 24.5 Å². The highest BCUT2D eigenvalue weighted by Gasteiger charge is 2.53. The van der Waals surface area contributed by atoms with Crippen molar-refractivity contribution in [2.24, 2.45) is 0 Å². The van der Waals surface area contributed by atoms with Crippen molar-refractivity contribution in [2.45, 2.75) is 57.8 Å². The minimum absolute atomic E-state index is 0.113. The SMILES string of the molecule is CC(NP(O)(=S)OC[C@H]1O[C@@H](n2cnc3c(N)ncnc32)[C@](C)(O)[C@@H]1O)=C(Oc1cccc2ccccc12)OC(C)C. The average molecular weight is 617 g/mol. The number of nitrogen functional groups attached to an aromatic ring is 1. The van der Waals surface area contributed by atoms with Gasteiger partial charge in [-0.3, -0.25) is 4.57 Å². The van der Waals surface area contributed by atoms with Crippen molar-refractivity contribution in [3.8, 4) is 5.75 Å². The van der Waals surface area contributed by atoms with Crippen LogP contribution in [0, 0.1) is 0 Å². The lowest BCUT2D eigenvalue weighted by molar-refractivity contribution is -0.0947. The number of ether oxygens (including phenoxy) is 3. The van der Waals surface area contributed by atoms with Crippen LogP contribution in [-0.2, 0) is 25.8 Å². The van der Waals surface area contributed by atoms with Gasteiger partial charge in [-0.2, -0.15) is 0 Å². The van der Waals surface area contributed by atoms with Crippen LogP contribution in [0.15, 0.2) is 66.8 Å². The van der Waals surface area contributed by atoms with Crippen molar-refractivity contribution < 1.29 is 33.8 Å². The van der Waals surface area contributed by atoms with Gasteiger partial charge in [-0.25, -0.2) is 15.0 Å². The quantitative estimate of drug-likeness (QED) is 0.130. The molecule has 3 heterocycles. The lowest BCUT2D eigenvalue weighted by Crippen LogP contribution is -2.44. The van der Waals surface area contributed by atoms with Gasteiger partial charge < -0.3 is 44.7 Å².